The molecule has 0 fully saturated rings. The minimum Gasteiger partial charge on any atom is -0.481 e. The molecule has 0 aliphatic carbocycles. The highest BCUT2D eigenvalue weighted by Crippen LogP contribution is 2.32. The summed E-state index contributed by atoms with van der Waals surface area (Å²) in [5.41, 5.74) is 2.24. The predicted octanol–water partition coefficient (Wildman–Crippen LogP) is 2.02. The number of fused-ring (bicyclic) bond motifs is 1. The van der Waals surface area contributed by atoms with Gasteiger partial charge in [-0.05, 0) is 24.5 Å². The number of benzene rings is 1. The summed E-state index contributed by atoms with van der Waals surface area (Å²) in [5.74, 6) is -1.30. The second-order valence-corrected chi connectivity index (χ2v) is 3.87. The summed E-state index contributed by atoms with van der Waals surface area (Å²) in [4.78, 5) is 10.9. The van der Waals surface area contributed by atoms with Gasteiger partial charge in [-0.1, -0.05) is 24.3 Å². The van der Waals surface area contributed by atoms with Gasteiger partial charge < -0.3 is 9.84 Å². The van der Waals surface area contributed by atoms with Gasteiger partial charge in [0.25, 0.3) is 0 Å². The van der Waals surface area contributed by atoms with Gasteiger partial charge in [0.2, 0.25) is 0 Å². The van der Waals surface area contributed by atoms with Crippen LogP contribution in [0.3, 0.4) is 0 Å². The number of rotatable bonds is 2. The van der Waals surface area contributed by atoms with Crippen LogP contribution >= 0.6 is 0 Å². The van der Waals surface area contributed by atoms with E-state index in [1.165, 1.54) is 5.56 Å². The molecule has 0 aromatic heterocycles. The number of carboxylic acids is 1. The number of hydrogen-bond acceptors (Lipinski definition) is 2. The van der Waals surface area contributed by atoms with Gasteiger partial charge in [-0.15, -0.1) is 0 Å². The molecule has 0 spiro atoms. The molecule has 1 aromatic carbocycles. The van der Waals surface area contributed by atoms with Crippen LogP contribution in [-0.2, 0) is 16.0 Å². The van der Waals surface area contributed by atoms with Gasteiger partial charge in [0.05, 0.1) is 18.6 Å². The average molecular weight is 206 g/mol. The van der Waals surface area contributed by atoms with Crippen molar-refractivity contribution < 1.29 is 14.6 Å². The van der Waals surface area contributed by atoms with E-state index in [1.54, 1.807) is 6.92 Å². The summed E-state index contributed by atoms with van der Waals surface area (Å²) < 4.78 is 5.55. The molecule has 3 heteroatoms. The first kappa shape index (κ1) is 10.2. The summed E-state index contributed by atoms with van der Waals surface area (Å²) in [6.45, 7) is 2.30. The number of carboxylic acid groups (broad SMARTS) is 1. The van der Waals surface area contributed by atoms with E-state index >= 15 is 0 Å². The van der Waals surface area contributed by atoms with Crippen molar-refractivity contribution >= 4 is 5.97 Å². The van der Waals surface area contributed by atoms with Crippen molar-refractivity contribution in [1.29, 1.82) is 0 Å². The van der Waals surface area contributed by atoms with Crippen molar-refractivity contribution in [3.8, 4) is 0 Å². The fourth-order valence-corrected chi connectivity index (χ4v) is 1.97. The van der Waals surface area contributed by atoms with E-state index in [0.29, 0.717) is 6.61 Å². The third-order valence-corrected chi connectivity index (χ3v) is 2.87. The first-order chi connectivity index (χ1) is 7.20. The van der Waals surface area contributed by atoms with Crippen molar-refractivity contribution in [3.05, 3.63) is 35.4 Å². The summed E-state index contributed by atoms with van der Waals surface area (Å²) in [6, 6.07) is 7.90. The van der Waals surface area contributed by atoms with Gasteiger partial charge in [0, 0.05) is 0 Å². The number of aliphatic carboxylic acids is 1. The molecular weight excluding hydrogens is 192 g/mol. The highest BCUT2D eigenvalue weighted by Gasteiger charge is 2.29. The van der Waals surface area contributed by atoms with E-state index in [9.17, 15) is 4.79 Å². The second-order valence-electron chi connectivity index (χ2n) is 3.87. The maximum absolute atomic E-state index is 10.9. The molecule has 0 saturated heterocycles. The Balaban J connectivity index is 2.33. The Morgan fingerprint density at radius 1 is 1.53 bits per heavy atom. The molecule has 15 heavy (non-hydrogen) atoms. The van der Waals surface area contributed by atoms with Crippen LogP contribution in [0, 0.1) is 5.92 Å². The van der Waals surface area contributed by atoms with Crippen molar-refractivity contribution in [2.24, 2.45) is 5.92 Å². The maximum atomic E-state index is 10.9. The third-order valence-electron chi connectivity index (χ3n) is 2.87. The first-order valence-electron chi connectivity index (χ1n) is 5.12. The zero-order valence-electron chi connectivity index (χ0n) is 8.64. The van der Waals surface area contributed by atoms with Crippen LogP contribution < -0.4 is 0 Å². The van der Waals surface area contributed by atoms with E-state index in [2.05, 4.69) is 0 Å². The quantitative estimate of drug-likeness (QED) is 0.805. The molecule has 2 rings (SSSR count). The number of hydrogen-bond donors (Lipinski definition) is 1. The highest BCUT2D eigenvalue weighted by atomic mass is 16.5. The molecule has 2 atom stereocenters. The monoisotopic (exact) mass is 206 g/mol. The molecule has 0 bridgehead atoms. The molecule has 1 heterocycles. The second kappa shape index (κ2) is 4.03. The van der Waals surface area contributed by atoms with Crippen LogP contribution in [0.4, 0.5) is 0 Å². The first-order valence-corrected chi connectivity index (χ1v) is 5.12. The molecule has 1 N–H and O–H groups in total. The molecule has 1 aliphatic heterocycles. The predicted molar refractivity (Wildman–Crippen MR) is 55.6 cm³/mol. The standard InChI is InChI=1S/C12H14O3/c1-8(12(13)14)11-10-5-3-2-4-9(10)6-7-15-11/h2-5,8,11H,6-7H2,1H3,(H,13,14)/t8-,11?/m1/s1. The summed E-state index contributed by atoms with van der Waals surface area (Å²) >= 11 is 0. The van der Waals surface area contributed by atoms with Gasteiger partial charge in [0.1, 0.15) is 0 Å². The molecule has 0 amide bonds. The average Bonchev–Trinajstić information content (AvgIpc) is 2.27. The molecule has 1 unspecified atom stereocenters. The molecule has 80 valence electrons. The molecule has 1 aromatic rings. The normalized spacial score (nSPS) is 21.8. The van der Waals surface area contributed by atoms with Gasteiger partial charge in [-0.3, -0.25) is 4.79 Å². The molecular formula is C12H14O3. The van der Waals surface area contributed by atoms with Crippen LogP contribution in [0.1, 0.15) is 24.2 Å². The van der Waals surface area contributed by atoms with Gasteiger partial charge in [-0.25, -0.2) is 0 Å². The molecule has 3 nitrogen and oxygen atoms in total. The van der Waals surface area contributed by atoms with Crippen molar-refractivity contribution in [1.82, 2.24) is 0 Å². The summed E-state index contributed by atoms with van der Waals surface area (Å²) in [5, 5.41) is 8.98. The Labute approximate surface area is 88.7 Å². The van der Waals surface area contributed by atoms with Crippen LogP contribution in [0.15, 0.2) is 24.3 Å². The van der Waals surface area contributed by atoms with E-state index in [1.807, 2.05) is 24.3 Å². The fourth-order valence-electron chi connectivity index (χ4n) is 1.97. The van der Waals surface area contributed by atoms with E-state index in [0.717, 1.165) is 12.0 Å². The maximum Gasteiger partial charge on any atom is 0.309 e. The van der Waals surface area contributed by atoms with Crippen LogP contribution in [0.5, 0.6) is 0 Å². The lowest BCUT2D eigenvalue weighted by Gasteiger charge is -2.28. The van der Waals surface area contributed by atoms with Crippen molar-refractivity contribution in [3.63, 3.8) is 0 Å². The van der Waals surface area contributed by atoms with Gasteiger partial charge >= 0.3 is 5.97 Å². The van der Waals surface area contributed by atoms with Crippen molar-refractivity contribution in [2.75, 3.05) is 6.61 Å². The Kier molecular flexibility index (Phi) is 2.73. The Morgan fingerprint density at radius 2 is 2.27 bits per heavy atom. The summed E-state index contributed by atoms with van der Waals surface area (Å²) in [7, 11) is 0. The Bertz CT molecular complexity index is 373. The van der Waals surface area contributed by atoms with E-state index < -0.39 is 11.9 Å². The van der Waals surface area contributed by atoms with Crippen LogP contribution in [-0.4, -0.2) is 17.7 Å². The Morgan fingerprint density at radius 3 is 3.00 bits per heavy atom. The third kappa shape index (κ3) is 1.88. The molecule has 0 radical (unpaired) electrons. The lowest BCUT2D eigenvalue weighted by molar-refractivity contribution is -0.147. The minimum atomic E-state index is -0.809. The van der Waals surface area contributed by atoms with Gasteiger partial charge in [-0.2, -0.15) is 0 Å². The van der Waals surface area contributed by atoms with Gasteiger partial charge in [0.15, 0.2) is 0 Å². The zero-order valence-corrected chi connectivity index (χ0v) is 8.64. The SMILES string of the molecule is C[C@@H](C(=O)O)C1OCCc2ccccc21. The molecule has 0 saturated carbocycles. The van der Waals surface area contributed by atoms with Crippen LogP contribution in [0.25, 0.3) is 0 Å². The topological polar surface area (TPSA) is 46.5 Å². The number of ether oxygens (including phenoxy) is 1. The fraction of sp³-hybridized carbons (Fsp3) is 0.417. The summed E-state index contributed by atoms with van der Waals surface area (Å²) in [6.07, 6.45) is 0.575. The minimum absolute atomic E-state index is 0.299. The number of carbonyl (C=O) groups is 1. The Hall–Kier alpha value is -1.35. The van der Waals surface area contributed by atoms with E-state index in [4.69, 9.17) is 9.84 Å². The lowest BCUT2D eigenvalue weighted by atomic mass is 9.90. The van der Waals surface area contributed by atoms with E-state index in [-0.39, 0.29) is 6.10 Å². The molecule has 1 aliphatic rings. The van der Waals surface area contributed by atoms with Crippen LogP contribution in [0.2, 0.25) is 0 Å². The largest absolute Gasteiger partial charge is 0.481 e. The highest BCUT2D eigenvalue weighted by molar-refractivity contribution is 5.70. The smallest absolute Gasteiger partial charge is 0.309 e. The van der Waals surface area contributed by atoms with Crippen molar-refractivity contribution in [2.45, 2.75) is 19.4 Å². The lowest BCUT2D eigenvalue weighted by Crippen LogP contribution is -2.26. The zero-order chi connectivity index (χ0) is 10.8.